The number of urea groups is 1. The molecule has 1 aliphatic heterocycles. The van der Waals surface area contributed by atoms with Crippen LogP contribution in [0.3, 0.4) is 0 Å². The molecule has 0 spiro atoms. The van der Waals surface area contributed by atoms with E-state index in [-0.39, 0.29) is 11.4 Å². The van der Waals surface area contributed by atoms with Gasteiger partial charge >= 0.3 is 12.2 Å². The van der Waals surface area contributed by atoms with Crippen molar-refractivity contribution in [1.82, 2.24) is 10.6 Å². The molecule has 0 aromatic heterocycles. The number of hydrogen-bond donors (Lipinski definition) is 2. The first kappa shape index (κ1) is 21.0. The number of amides is 3. The number of hydrogen-bond acceptors (Lipinski definition) is 4. The normalized spacial score (nSPS) is 14.8. The van der Waals surface area contributed by atoms with Gasteiger partial charge in [0.15, 0.2) is 0 Å². The zero-order valence-electron chi connectivity index (χ0n) is 16.3. The molecule has 3 amide bonds. The summed E-state index contributed by atoms with van der Waals surface area (Å²) in [6.07, 6.45) is -2.88. The van der Waals surface area contributed by atoms with Crippen molar-refractivity contribution < 1.29 is 32.2 Å². The molecular formula is C23H15F3N2O4. The zero-order chi connectivity index (χ0) is 22.7. The molecule has 162 valence electrons. The van der Waals surface area contributed by atoms with Gasteiger partial charge in [-0.25, -0.2) is 4.79 Å². The van der Waals surface area contributed by atoms with Crippen molar-refractivity contribution in [3.05, 3.63) is 89.6 Å². The molecule has 3 aromatic rings. The van der Waals surface area contributed by atoms with Crippen molar-refractivity contribution in [2.24, 2.45) is 0 Å². The van der Waals surface area contributed by atoms with Gasteiger partial charge in [-0.1, -0.05) is 18.2 Å². The number of alkyl halides is 3. The predicted molar refractivity (Wildman–Crippen MR) is 109 cm³/mol. The lowest BCUT2D eigenvalue weighted by Gasteiger charge is -2.11. The third-order valence-corrected chi connectivity index (χ3v) is 4.37. The maximum Gasteiger partial charge on any atom is 0.416 e. The SMILES string of the molecule is O=C1NC(=O)C(=Cc2ccc(Oc3cccc(Oc4ccc(C(F)(F)F)cc4)c3)cc2)N1. The molecule has 1 heterocycles. The van der Waals surface area contributed by atoms with Crippen LogP contribution in [0, 0.1) is 0 Å². The van der Waals surface area contributed by atoms with E-state index in [9.17, 15) is 22.8 Å². The maximum absolute atomic E-state index is 12.7. The number of nitrogens with one attached hydrogen (secondary N) is 2. The van der Waals surface area contributed by atoms with Crippen LogP contribution in [-0.4, -0.2) is 11.9 Å². The standard InChI is InChI=1S/C23H15F3N2O4/c24-23(25,26)15-6-10-17(11-7-15)32-19-3-1-2-18(13-19)31-16-8-4-14(5-9-16)12-20-21(29)28-22(30)27-20/h1-13H,(H2,27,28,29,30). The molecule has 1 fully saturated rings. The summed E-state index contributed by atoms with van der Waals surface area (Å²) in [5.41, 5.74) is 0.0813. The number of benzene rings is 3. The van der Waals surface area contributed by atoms with Crippen LogP contribution in [0.25, 0.3) is 6.08 Å². The summed E-state index contributed by atoms with van der Waals surface area (Å²) < 4.78 is 49.4. The van der Waals surface area contributed by atoms with E-state index in [1.54, 1.807) is 48.5 Å². The van der Waals surface area contributed by atoms with Gasteiger partial charge in [-0.15, -0.1) is 0 Å². The van der Waals surface area contributed by atoms with E-state index in [2.05, 4.69) is 10.6 Å². The smallest absolute Gasteiger partial charge is 0.416 e. The van der Waals surface area contributed by atoms with Crippen LogP contribution < -0.4 is 20.1 Å². The van der Waals surface area contributed by atoms with Crippen molar-refractivity contribution in [2.75, 3.05) is 0 Å². The molecule has 32 heavy (non-hydrogen) atoms. The minimum atomic E-state index is -4.41. The average Bonchev–Trinajstić information content (AvgIpc) is 3.06. The number of carbonyl (C=O) groups is 2. The molecule has 0 atom stereocenters. The van der Waals surface area contributed by atoms with Crippen LogP contribution >= 0.6 is 0 Å². The van der Waals surface area contributed by atoms with Gasteiger partial charge in [-0.3, -0.25) is 10.1 Å². The third kappa shape index (κ3) is 5.07. The molecule has 6 nitrogen and oxygen atoms in total. The maximum atomic E-state index is 12.7. The fourth-order valence-corrected chi connectivity index (χ4v) is 2.87. The molecule has 2 N–H and O–H groups in total. The van der Waals surface area contributed by atoms with Crippen LogP contribution in [-0.2, 0) is 11.0 Å². The van der Waals surface area contributed by atoms with Crippen molar-refractivity contribution in [3.8, 4) is 23.0 Å². The highest BCUT2D eigenvalue weighted by molar-refractivity contribution is 6.13. The summed E-state index contributed by atoms with van der Waals surface area (Å²) >= 11 is 0. The average molecular weight is 440 g/mol. The molecule has 4 rings (SSSR count). The molecular weight excluding hydrogens is 425 g/mol. The Hall–Kier alpha value is -4.27. The number of rotatable bonds is 5. The molecule has 0 saturated carbocycles. The number of imide groups is 1. The first-order chi connectivity index (χ1) is 15.3. The van der Waals surface area contributed by atoms with E-state index in [1.165, 1.54) is 18.2 Å². The lowest BCUT2D eigenvalue weighted by molar-refractivity contribution is -0.137. The molecule has 0 radical (unpaired) electrons. The van der Waals surface area contributed by atoms with Crippen molar-refractivity contribution in [1.29, 1.82) is 0 Å². The summed E-state index contributed by atoms with van der Waals surface area (Å²) in [5.74, 6) is 1.13. The summed E-state index contributed by atoms with van der Waals surface area (Å²) in [7, 11) is 0. The van der Waals surface area contributed by atoms with Gasteiger partial charge in [-0.05, 0) is 60.2 Å². The highest BCUT2D eigenvalue weighted by Crippen LogP contribution is 2.32. The summed E-state index contributed by atoms with van der Waals surface area (Å²) in [4.78, 5) is 22.7. The van der Waals surface area contributed by atoms with Gasteiger partial charge in [0.2, 0.25) is 0 Å². The van der Waals surface area contributed by atoms with E-state index in [0.717, 1.165) is 12.1 Å². The first-order valence-electron chi connectivity index (χ1n) is 9.33. The quantitative estimate of drug-likeness (QED) is 0.408. The Morgan fingerprint density at radius 3 is 1.78 bits per heavy atom. The second kappa shape index (κ2) is 8.46. The van der Waals surface area contributed by atoms with Crippen LogP contribution in [0.5, 0.6) is 23.0 Å². The summed E-state index contributed by atoms with van der Waals surface area (Å²) in [5, 5.41) is 4.52. The fraction of sp³-hybridized carbons (Fsp3) is 0.0435. The van der Waals surface area contributed by atoms with Gasteiger partial charge in [-0.2, -0.15) is 13.2 Å². The molecule has 3 aromatic carbocycles. The van der Waals surface area contributed by atoms with Crippen molar-refractivity contribution in [2.45, 2.75) is 6.18 Å². The lowest BCUT2D eigenvalue weighted by Crippen LogP contribution is -2.22. The second-order valence-corrected chi connectivity index (χ2v) is 6.74. The number of halogens is 3. The van der Waals surface area contributed by atoms with Gasteiger partial charge in [0.25, 0.3) is 5.91 Å². The molecule has 0 aliphatic carbocycles. The van der Waals surface area contributed by atoms with Crippen LogP contribution in [0.1, 0.15) is 11.1 Å². The fourth-order valence-electron chi connectivity index (χ4n) is 2.87. The van der Waals surface area contributed by atoms with Crippen LogP contribution in [0.4, 0.5) is 18.0 Å². The zero-order valence-corrected chi connectivity index (χ0v) is 16.3. The Kier molecular flexibility index (Phi) is 5.55. The molecule has 0 bridgehead atoms. The van der Waals surface area contributed by atoms with Crippen LogP contribution in [0.2, 0.25) is 0 Å². The molecule has 1 aliphatic rings. The van der Waals surface area contributed by atoms with Gasteiger partial charge in [0.05, 0.1) is 5.56 Å². The van der Waals surface area contributed by atoms with Gasteiger partial charge in [0, 0.05) is 6.07 Å². The Morgan fingerprint density at radius 1 is 0.719 bits per heavy atom. The van der Waals surface area contributed by atoms with E-state index in [4.69, 9.17) is 9.47 Å². The topological polar surface area (TPSA) is 76.7 Å². The second-order valence-electron chi connectivity index (χ2n) is 6.74. The van der Waals surface area contributed by atoms with E-state index >= 15 is 0 Å². The van der Waals surface area contributed by atoms with Crippen molar-refractivity contribution >= 4 is 18.0 Å². The molecule has 1 saturated heterocycles. The minimum absolute atomic E-state index is 0.150. The predicted octanol–water partition coefficient (Wildman–Crippen LogP) is 5.47. The highest BCUT2D eigenvalue weighted by Gasteiger charge is 2.30. The lowest BCUT2D eigenvalue weighted by atomic mass is 10.2. The monoisotopic (exact) mass is 440 g/mol. The van der Waals surface area contributed by atoms with E-state index < -0.39 is 23.7 Å². The highest BCUT2D eigenvalue weighted by atomic mass is 19.4. The number of ether oxygens (including phenoxy) is 2. The third-order valence-electron chi connectivity index (χ3n) is 4.37. The van der Waals surface area contributed by atoms with Crippen molar-refractivity contribution in [3.63, 3.8) is 0 Å². The summed E-state index contributed by atoms with van der Waals surface area (Å²) in [6.45, 7) is 0. The largest absolute Gasteiger partial charge is 0.457 e. The Morgan fingerprint density at radius 2 is 1.28 bits per heavy atom. The minimum Gasteiger partial charge on any atom is -0.457 e. The van der Waals surface area contributed by atoms with Crippen LogP contribution in [0.15, 0.2) is 78.5 Å². The van der Waals surface area contributed by atoms with E-state index in [1.807, 2.05) is 0 Å². The summed E-state index contributed by atoms with van der Waals surface area (Å²) in [6, 6.07) is 17.3. The number of carbonyl (C=O) groups excluding carboxylic acids is 2. The molecule has 9 heteroatoms. The van der Waals surface area contributed by atoms with E-state index in [0.29, 0.717) is 22.8 Å². The van der Waals surface area contributed by atoms with Gasteiger partial charge in [0.1, 0.15) is 28.7 Å². The Balaban J connectivity index is 1.42. The first-order valence-corrected chi connectivity index (χ1v) is 9.33. The molecule has 0 unspecified atom stereocenters. The Bertz CT molecular complexity index is 1190. The van der Waals surface area contributed by atoms with Gasteiger partial charge < -0.3 is 14.8 Å². The Labute approximate surface area is 180 Å².